The molecule has 0 fully saturated rings. The van der Waals surface area contributed by atoms with Crippen molar-refractivity contribution in [2.45, 2.75) is 6.92 Å². The van der Waals surface area contributed by atoms with Crippen molar-refractivity contribution in [2.75, 3.05) is 5.75 Å². The lowest BCUT2D eigenvalue weighted by Gasteiger charge is -1.91. The zero-order chi connectivity index (χ0) is 12.0. The van der Waals surface area contributed by atoms with Crippen LogP contribution in [-0.2, 0) is 4.79 Å². The highest BCUT2D eigenvalue weighted by atomic mass is 32.2. The maximum atomic E-state index is 10.6. The molecule has 0 saturated carbocycles. The Kier molecular flexibility index (Phi) is 4.48. The second-order valence-corrected chi connectivity index (χ2v) is 3.83. The van der Waals surface area contributed by atoms with Crippen LogP contribution in [0.2, 0.25) is 0 Å². The number of carbonyl (C=O) groups excluding carboxylic acids is 1. The minimum Gasteiger partial charge on any atom is -0.475 e. The molecule has 0 bridgehead atoms. The van der Waals surface area contributed by atoms with Crippen LogP contribution >= 0.6 is 11.8 Å². The van der Waals surface area contributed by atoms with Gasteiger partial charge in [0.15, 0.2) is 5.12 Å². The Bertz CT molecular complexity index is 459. The number of carboxylic acids is 1. The molecule has 0 aliphatic heterocycles. The van der Waals surface area contributed by atoms with Gasteiger partial charge in [0.2, 0.25) is 5.82 Å². The van der Waals surface area contributed by atoms with Crippen LogP contribution < -0.4 is 0 Å². The lowest BCUT2D eigenvalue weighted by Crippen LogP contribution is -2.03. The Morgan fingerprint density at radius 3 is 2.56 bits per heavy atom. The van der Waals surface area contributed by atoms with E-state index in [-0.39, 0.29) is 10.9 Å². The van der Waals surface area contributed by atoms with Gasteiger partial charge in [-0.1, -0.05) is 23.6 Å². The Morgan fingerprint density at radius 1 is 1.44 bits per heavy atom. The predicted molar refractivity (Wildman–Crippen MR) is 59.0 cm³/mol. The number of aromatic nitrogens is 2. The quantitative estimate of drug-likeness (QED) is 0.765. The molecular weight excluding hydrogens is 228 g/mol. The summed E-state index contributed by atoms with van der Waals surface area (Å²) in [6.45, 7) is 1.47. The molecule has 0 aromatic carbocycles. The van der Waals surface area contributed by atoms with Crippen LogP contribution in [0.3, 0.4) is 0 Å². The third kappa shape index (κ3) is 4.11. The summed E-state index contributed by atoms with van der Waals surface area (Å²) in [5, 5.41) is 8.56. The fraction of sp³-hybridized carbons (Fsp3) is 0.200. The number of aromatic carboxylic acids is 1. The number of nitrogens with zero attached hydrogens (tertiary/aromatic N) is 2. The van der Waals surface area contributed by atoms with E-state index in [1.807, 2.05) is 0 Å². The zero-order valence-electron chi connectivity index (χ0n) is 8.43. The van der Waals surface area contributed by atoms with E-state index in [0.717, 1.165) is 11.8 Å². The molecule has 1 rings (SSSR count). The number of thioether (sulfide) groups is 1. The van der Waals surface area contributed by atoms with Crippen LogP contribution in [0.25, 0.3) is 0 Å². The van der Waals surface area contributed by atoms with Crippen LogP contribution in [0.4, 0.5) is 0 Å². The summed E-state index contributed by atoms with van der Waals surface area (Å²) in [5.41, 5.74) is 0.522. The molecule has 0 radical (unpaired) electrons. The second-order valence-electron chi connectivity index (χ2n) is 2.68. The summed E-state index contributed by atoms with van der Waals surface area (Å²) in [5.74, 6) is 4.44. The number of rotatable bonds is 2. The number of carboxylic acid groups (broad SMARTS) is 1. The molecule has 0 atom stereocenters. The maximum Gasteiger partial charge on any atom is 0.373 e. The summed E-state index contributed by atoms with van der Waals surface area (Å²) < 4.78 is 0. The molecule has 1 aromatic rings. The van der Waals surface area contributed by atoms with Crippen molar-refractivity contribution < 1.29 is 14.7 Å². The Labute approximate surface area is 96.3 Å². The molecular formula is C10H8N2O3S. The van der Waals surface area contributed by atoms with Crippen LogP contribution in [0.15, 0.2) is 12.4 Å². The largest absolute Gasteiger partial charge is 0.475 e. The van der Waals surface area contributed by atoms with Crippen molar-refractivity contribution in [2.24, 2.45) is 0 Å². The van der Waals surface area contributed by atoms with Gasteiger partial charge in [-0.3, -0.25) is 4.79 Å². The lowest BCUT2D eigenvalue weighted by molar-refractivity contribution is -0.109. The zero-order valence-corrected chi connectivity index (χ0v) is 9.24. The summed E-state index contributed by atoms with van der Waals surface area (Å²) in [6.07, 6.45) is 2.67. The average molecular weight is 236 g/mol. The second kappa shape index (κ2) is 5.88. The molecule has 1 aromatic heterocycles. The van der Waals surface area contributed by atoms with Gasteiger partial charge in [0.25, 0.3) is 0 Å². The van der Waals surface area contributed by atoms with Crippen LogP contribution in [0.5, 0.6) is 0 Å². The number of carbonyl (C=O) groups is 2. The van der Waals surface area contributed by atoms with Gasteiger partial charge in [0.05, 0.1) is 11.3 Å². The van der Waals surface area contributed by atoms with Crippen molar-refractivity contribution in [3.05, 3.63) is 23.8 Å². The SMILES string of the molecule is CC(=O)SCC#Cc1cnc(C(=O)O)nc1. The topological polar surface area (TPSA) is 80.2 Å². The summed E-state index contributed by atoms with van der Waals surface area (Å²) in [6, 6.07) is 0. The maximum absolute atomic E-state index is 10.6. The fourth-order valence-corrected chi connectivity index (χ4v) is 1.13. The summed E-state index contributed by atoms with van der Waals surface area (Å²) in [4.78, 5) is 28.2. The van der Waals surface area contributed by atoms with Gasteiger partial charge >= 0.3 is 5.97 Å². The van der Waals surface area contributed by atoms with Gasteiger partial charge in [0, 0.05) is 19.3 Å². The van der Waals surface area contributed by atoms with Crippen molar-refractivity contribution in [3.63, 3.8) is 0 Å². The first-order chi connectivity index (χ1) is 7.59. The van der Waals surface area contributed by atoms with E-state index < -0.39 is 5.97 Å². The molecule has 0 aliphatic rings. The Hall–Kier alpha value is -1.87. The predicted octanol–water partition coefficient (Wildman–Crippen LogP) is 0.806. The number of hydrogen-bond acceptors (Lipinski definition) is 5. The lowest BCUT2D eigenvalue weighted by atomic mass is 10.3. The molecule has 6 heteroatoms. The molecule has 0 aliphatic carbocycles. The molecule has 1 heterocycles. The first kappa shape index (κ1) is 12.2. The van der Waals surface area contributed by atoms with E-state index in [0.29, 0.717) is 11.3 Å². The van der Waals surface area contributed by atoms with Crippen molar-refractivity contribution in [3.8, 4) is 11.8 Å². The van der Waals surface area contributed by atoms with Gasteiger partial charge in [0.1, 0.15) is 0 Å². The van der Waals surface area contributed by atoms with Crippen molar-refractivity contribution in [1.82, 2.24) is 9.97 Å². The first-order valence-electron chi connectivity index (χ1n) is 4.27. The van der Waals surface area contributed by atoms with Gasteiger partial charge in [-0.25, -0.2) is 14.8 Å². The molecule has 16 heavy (non-hydrogen) atoms. The summed E-state index contributed by atoms with van der Waals surface area (Å²) in [7, 11) is 0. The van der Waals surface area contributed by atoms with E-state index in [9.17, 15) is 9.59 Å². The van der Waals surface area contributed by atoms with Gasteiger partial charge in [-0.15, -0.1) is 0 Å². The average Bonchev–Trinajstić information content (AvgIpc) is 2.25. The standard InChI is InChI=1S/C10H8N2O3S/c1-7(13)16-4-2-3-8-5-11-9(10(14)15)12-6-8/h5-6H,4H2,1H3,(H,14,15). The smallest absolute Gasteiger partial charge is 0.373 e. The number of hydrogen-bond donors (Lipinski definition) is 1. The molecule has 0 saturated heterocycles. The fourth-order valence-electron chi connectivity index (χ4n) is 0.779. The van der Waals surface area contributed by atoms with Gasteiger partial charge < -0.3 is 5.11 Å². The van der Waals surface area contributed by atoms with Crippen molar-refractivity contribution in [1.29, 1.82) is 0 Å². The van der Waals surface area contributed by atoms with Crippen LogP contribution in [0, 0.1) is 11.8 Å². The molecule has 5 nitrogen and oxygen atoms in total. The Morgan fingerprint density at radius 2 is 2.06 bits per heavy atom. The Balaban J connectivity index is 2.61. The molecule has 0 unspecified atom stereocenters. The van der Waals surface area contributed by atoms with Crippen LogP contribution in [-0.4, -0.2) is 31.9 Å². The van der Waals surface area contributed by atoms with Gasteiger partial charge in [-0.2, -0.15) is 0 Å². The normalized spacial score (nSPS) is 9.06. The molecule has 0 amide bonds. The van der Waals surface area contributed by atoms with E-state index in [4.69, 9.17) is 5.11 Å². The van der Waals surface area contributed by atoms with Gasteiger partial charge in [-0.05, 0) is 0 Å². The highest BCUT2D eigenvalue weighted by Gasteiger charge is 2.04. The van der Waals surface area contributed by atoms with E-state index >= 15 is 0 Å². The van der Waals surface area contributed by atoms with Crippen molar-refractivity contribution >= 4 is 22.8 Å². The minimum absolute atomic E-state index is 0.00627. The highest BCUT2D eigenvalue weighted by molar-refractivity contribution is 8.13. The monoisotopic (exact) mass is 236 g/mol. The van der Waals surface area contributed by atoms with E-state index in [1.54, 1.807) is 0 Å². The third-order valence-corrected chi connectivity index (χ3v) is 2.12. The molecule has 0 spiro atoms. The van der Waals surface area contributed by atoms with E-state index in [2.05, 4.69) is 21.8 Å². The minimum atomic E-state index is -1.17. The van der Waals surface area contributed by atoms with Crippen LogP contribution in [0.1, 0.15) is 23.1 Å². The van der Waals surface area contributed by atoms with E-state index in [1.165, 1.54) is 19.3 Å². The third-order valence-electron chi connectivity index (χ3n) is 1.42. The molecule has 1 N–H and O–H groups in total. The summed E-state index contributed by atoms with van der Waals surface area (Å²) >= 11 is 1.11. The first-order valence-corrected chi connectivity index (χ1v) is 5.25. The highest BCUT2D eigenvalue weighted by Crippen LogP contribution is 1.99. The molecule has 82 valence electrons.